The molecule has 6 heteroatoms. The van der Waals surface area contributed by atoms with Crippen molar-refractivity contribution in [1.29, 1.82) is 0 Å². The Morgan fingerprint density at radius 3 is 3.16 bits per heavy atom. The minimum Gasteiger partial charge on any atom is -0.500 e. The van der Waals surface area contributed by atoms with Gasteiger partial charge in [0, 0.05) is 19.4 Å². The second kappa shape index (κ2) is 5.03. The fourth-order valence-electron chi connectivity index (χ4n) is 2.55. The second-order valence-electron chi connectivity index (χ2n) is 4.82. The van der Waals surface area contributed by atoms with Crippen LogP contribution in [-0.2, 0) is 16.0 Å². The lowest BCUT2D eigenvalue weighted by Crippen LogP contribution is -2.32. The molecule has 0 aromatic carbocycles. The van der Waals surface area contributed by atoms with Crippen LogP contribution < -0.4 is 0 Å². The second-order valence-corrected chi connectivity index (χ2v) is 4.82. The minimum atomic E-state index is -0.0574. The van der Waals surface area contributed by atoms with Crippen molar-refractivity contribution in [3.8, 4) is 0 Å². The summed E-state index contributed by atoms with van der Waals surface area (Å²) < 4.78 is 10.3. The summed E-state index contributed by atoms with van der Waals surface area (Å²) in [5, 5.41) is 4.00. The molecule has 0 aliphatic carbocycles. The van der Waals surface area contributed by atoms with E-state index in [1.165, 1.54) is 0 Å². The average Bonchev–Trinajstić information content (AvgIpc) is 3.16. The van der Waals surface area contributed by atoms with Gasteiger partial charge in [-0.15, -0.1) is 0 Å². The maximum Gasteiger partial charge on any atom is 0.253 e. The van der Waals surface area contributed by atoms with Gasteiger partial charge in [0.2, 0.25) is 5.89 Å². The number of hydrogen-bond donors (Lipinski definition) is 0. The fraction of sp³-hybridized carbons (Fsp3) is 0.615. The smallest absolute Gasteiger partial charge is 0.253 e. The maximum atomic E-state index is 12.4. The predicted octanol–water partition coefficient (Wildman–Crippen LogP) is 1.60. The third kappa shape index (κ3) is 2.22. The summed E-state index contributed by atoms with van der Waals surface area (Å²) in [7, 11) is 0. The first-order chi connectivity index (χ1) is 9.29. The molecule has 19 heavy (non-hydrogen) atoms. The number of amides is 1. The summed E-state index contributed by atoms with van der Waals surface area (Å²) in [6, 6.07) is -0.0574. The van der Waals surface area contributed by atoms with Gasteiger partial charge < -0.3 is 14.2 Å². The summed E-state index contributed by atoms with van der Waals surface area (Å²) in [5.41, 5.74) is 0.742. The van der Waals surface area contributed by atoms with Crippen LogP contribution in [0.4, 0.5) is 0 Å². The first-order valence-electron chi connectivity index (χ1n) is 6.73. The molecule has 0 saturated carbocycles. The molecule has 1 aromatic rings. The molecule has 1 atom stereocenters. The average molecular weight is 263 g/mol. The number of ether oxygens (including phenoxy) is 1. The van der Waals surface area contributed by atoms with Gasteiger partial charge in [-0.1, -0.05) is 12.1 Å². The van der Waals surface area contributed by atoms with E-state index in [2.05, 4.69) is 10.1 Å². The molecule has 2 aliphatic rings. The van der Waals surface area contributed by atoms with Crippen LogP contribution in [0.1, 0.15) is 43.9 Å². The van der Waals surface area contributed by atoms with Crippen LogP contribution >= 0.6 is 0 Å². The van der Waals surface area contributed by atoms with Gasteiger partial charge in [-0.3, -0.25) is 4.79 Å². The van der Waals surface area contributed by atoms with Crippen LogP contribution in [-0.4, -0.2) is 34.1 Å². The van der Waals surface area contributed by atoms with Crippen LogP contribution in [0.25, 0.3) is 0 Å². The van der Waals surface area contributed by atoms with Gasteiger partial charge in [-0.05, 0) is 12.8 Å². The van der Waals surface area contributed by atoms with Crippen LogP contribution in [0.5, 0.6) is 0 Å². The largest absolute Gasteiger partial charge is 0.500 e. The molecule has 1 fully saturated rings. The summed E-state index contributed by atoms with van der Waals surface area (Å²) in [6.07, 6.45) is 4.84. The lowest BCUT2D eigenvalue weighted by atomic mass is 10.1. The summed E-state index contributed by atoms with van der Waals surface area (Å²) in [4.78, 5) is 18.6. The molecule has 6 nitrogen and oxygen atoms in total. The molecular weight excluding hydrogens is 246 g/mol. The van der Waals surface area contributed by atoms with E-state index in [1.54, 1.807) is 6.26 Å². The molecule has 1 amide bonds. The van der Waals surface area contributed by atoms with Crippen molar-refractivity contribution >= 4 is 5.91 Å². The van der Waals surface area contributed by atoms with E-state index in [0.29, 0.717) is 31.2 Å². The molecule has 0 spiro atoms. The molecule has 0 bridgehead atoms. The van der Waals surface area contributed by atoms with E-state index in [4.69, 9.17) is 9.26 Å². The Bertz CT molecular complexity index is 509. The third-order valence-corrected chi connectivity index (χ3v) is 3.59. The molecule has 102 valence electrons. The lowest BCUT2D eigenvalue weighted by Gasteiger charge is -2.22. The quantitative estimate of drug-likeness (QED) is 0.828. The maximum absolute atomic E-state index is 12.4. The lowest BCUT2D eigenvalue weighted by molar-refractivity contribution is -0.128. The summed E-state index contributed by atoms with van der Waals surface area (Å²) >= 11 is 0. The van der Waals surface area contributed by atoms with Crippen LogP contribution in [0, 0.1) is 0 Å². The number of hydrogen-bond acceptors (Lipinski definition) is 5. The van der Waals surface area contributed by atoms with E-state index < -0.39 is 0 Å². The normalized spacial score (nSPS) is 22.5. The van der Waals surface area contributed by atoms with Gasteiger partial charge in [0.25, 0.3) is 5.91 Å². The van der Waals surface area contributed by atoms with E-state index in [9.17, 15) is 4.79 Å². The van der Waals surface area contributed by atoms with Gasteiger partial charge in [0.1, 0.15) is 0 Å². The summed E-state index contributed by atoms with van der Waals surface area (Å²) in [6.45, 7) is 3.31. The van der Waals surface area contributed by atoms with Crippen molar-refractivity contribution in [3.63, 3.8) is 0 Å². The standard InChI is InChI=1S/C13H17N3O3/c1-2-11-14-12(15-19-11)10-4-3-6-16(10)13(17)9-5-7-18-8-9/h8,10H,2-7H2,1H3/t10-/m1/s1. The Morgan fingerprint density at radius 1 is 1.58 bits per heavy atom. The third-order valence-electron chi connectivity index (χ3n) is 3.59. The molecule has 0 N–H and O–H groups in total. The molecule has 1 saturated heterocycles. The Balaban J connectivity index is 1.79. The zero-order valence-corrected chi connectivity index (χ0v) is 11.0. The van der Waals surface area contributed by atoms with E-state index in [-0.39, 0.29) is 11.9 Å². The van der Waals surface area contributed by atoms with Crippen molar-refractivity contribution in [3.05, 3.63) is 23.6 Å². The Labute approximate surface area is 111 Å². The monoisotopic (exact) mass is 263 g/mol. The van der Waals surface area contributed by atoms with Gasteiger partial charge in [-0.25, -0.2) is 0 Å². The van der Waals surface area contributed by atoms with E-state index >= 15 is 0 Å². The van der Waals surface area contributed by atoms with Crippen LogP contribution in [0.3, 0.4) is 0 Å². The van der Waals surface area contributed by atoms with Crippen LogP contribution in [0.2, 0.25) is 0 Å². The highest BCUT2D eigenvalue weighted by Gasteiger charge is 2.35. The first kappa shape index (κ1) is 12.2. The molecule has 3 heterocycles. The molecule has 3 rings (SSSR count). The zero-order chi connectivity index (χ0) is 13.2. The number of carbonyl (C=O) groups excluding carboxylic acids is 1. The van der Waals surface area contributed by atoms with Gasteiger partial charge in [0.15, 0.2) is 5.82 Å². The van der Waals surface area contributed by atoms with Gasteiger partial charge in [-0.2, -0.15) is 4.98 Å². The number of rotatable bonds is 3. The zero-order valence-electron chi connectivity index (χ0n) is 11.0. The summed E-state index contributed by atoms with van der Waals surface area (Å²) in [5.74, 6) is 1.29. The Morgan fingerprint density at radius 2 is 2.47 bits per heavy atom. The van der Waals surface area contributed by atoms with Crippen molar-refractivity contribution < 1.29 is 14.1 Å². The van der Waals surface area contributed by atoms with Crippen LogP contribution in [0.15, 0.2) is 16.4 Å². The molecule has 0 radical (unpaired) electrons. The van der Waals surface area contributed by atoms with Crippen molar-refractivity contribution in [2.75, 3.05) is 13.2 Å². The Hall–Kier alpha value is -1.85. The van der Waals surface area contributed by atoms with E-state index in [1.807, 2.05) is 11.8 Å². The van der Waals surface area contributed by atoms with Crippen molar-refractivity contribution in [2.24, 2.45) is 0 Å². The molecule has 2 aliphatic heterocycles. The number of aryl methyl sites for hydroxylation is 1. The first-order valence-corrected chi connectivity index (χ1v) is 6.73. The number of aromatic nitrogens is 2. The highest BCUT2D eigenvalue weighted by Crippen LogP contribution is 2.32. The number of likely N-dealkylation sites (tertiary alicyclic amines) is 1. The van der Waals surface area contributed by atoms with Gasteiger partial charge in [0.05, 0.1) is 24.5 Å². The molecule has 1 aromatic heterocycles. The topological polar surface area (TPSA) is 68.5 Å². The predicted molar refractivity (Wildman–Crippen MR) is 66.0 cm³/mol. The fourth-order valence-corrected chi connectivity index (χ4v) is 2.55. The van der Waals surface area contributed by atoms with Crippen molar-refractivity contribution in [2.45, 2.75) is 38.6 Å². The molecular formula is C13H17N3O3. The molecule has 0 unspecified atom stereocenters. The highest BCUT2D eigenvalue weighted by atomic mass is 16.5. The highest BCUT2D eigenvalue weighted by molar-refractivity contribution is 5.93. The SMILES string of the molecule is CCc1nc([C@H]2CCCN2C(=O)C2=COCC2)no1. The van der Waals surface area contributed by atoms with E-state index in [0.717, 1.165) is 25.0 Å². The Kier molecular flexibility index (Phi) is 3.23. The number of carbonyl (C=O) groups is 1. The van der Waals surface area contributed by atoms with Crippen molar-refractivity contribution in [1.82, 2.24) is 15.0 Å². The minimum absolute atomic E-state index is 0.0443. The van der Waals surface area contributed by atoms with Gasteiger partial charge >= 0.3 is 0 Å². The number of nitrogens with zero attached hydrogens (tertiary/aromatic N) is 3.